The van der Waals surface area contributed by atoms with Crippen LogP contribution in [0.4, 0.5) is 5.69 Å². The van der Waals surface area contributed by atoms with Gasteiger partial charge in [-0.3, -0.25) is 10.6 Å². The minimum Gasteiger partial charge on any atom is -0.275 e. The molecule has 1 unspecified atom stereocenters. The molecule has 0 bridgehead atoms. The smallest absolute Gasteiger partial charge is 0.111 e. The standard InChI is InChI=1S/C14H19N3O/c1-12(2,3)11(14-13(4,16-14)17-14)9-5-7-10(15-18)8-6-9/h5-8,11,16-17H,1-4H3. The first kappa shape index (κ1) is 11.8. The van der Waals surface area contributed by atoms with Crippen LogP contribution in [0.3, 0.4) is 0 Å². The number of benzene rings is 1. The van der Waals surface area contributed by atoms with Crippen LogP contribution in [0.25, 0.3) is 0 Å². The maximum atomic E-state index is 10.5. The Morgan fingerprint density at radius 2 is 1.67 bits per heavy atom. The molecule has 1 atom stereocenters. The van der Waals surface area contributed by atoms with Crippen molar-refractivity contribution in [1.29, 1.82) is 0 Å². The van der Waals surface area contributed by atoms with Crippen LogP contribution in [0.15, 0.2) is 29.4 Å². The lowest BCUT2D eigenvalue weighted by atomic mass is 9.73. The van der Waals surface area contributed by atoms with Crippen molar-refractivity contribution in [3.8, 4) is 0 Å². The van der Waals surface area contributed by atoms with E-state index in [1.165, 1.54) is 5.56 Å². The second-order valence-corrected chi connectivity index (χ2v) is 6.66. The molecule has 2 saturated heterocycles. The van der Waals surface area contributed by atoms with Gasteiger partial charge >= 0.3 is 0 Å². The molecule has 0 radical (unpaired) electrons. The maximum Gasteiger partial charge on any atom is 0.111 e. The van der Waals surface area contributed by atoms with Gasteiger partial charge in [-0.25, -0.2) is 0 Å². The zero-order valence-corrected chi connectivity index (χ0v) is 11.2. The summed E-state index contributed by atoms with van der Waals surface area (Å²) in [4.78, 5) is 10.5. The van der Waals surface area contributed by atoms with E-state index in [1.807, 2.05) is 12.1 Å². The SMILES string of the molecule is CC(C)(C)C(c1ccc(N=O)cc1)C12NC1(C)N2. The number of hydrogen-bond acceptors (Lipinski definition) is 4. The highest BCUT2D eigenvalue weighted by Crippen LogP contribution is 2.62. The van der Waals surface area contributed by atoms with Crippen LogP contribution in [-0.4, -0.2) is 11.3 Å². The van der Waals surface area contributed by atoms with Gasteiger partial charge in [-0.05, 0) is 35.2 Å². The molecule has 4 nitrogen and oxygen atoms in total. The van der Waals surface area contributed by atoms with Crippen LogP contribution in [0.5, 0.6) is 0 Å². The minimum absolute atomic E-state index is 0.0430. The molecule has 2 N–H and O–H groups in total. The van der Waals surface area contributed by atoms with E-state index in [1.54, 1.807) is 12.1 Å². The number of nitroso groups, excluding NO2 is 1. The molecule has 2 aliphatic rings. The molecular formula is C14H19N3O. The van der Waals surface area contributed by atoms with Crippen molar-refractivity contribution in [3.63, 3.8) is 0 Å². The Kier molecular flexibility index (Phi) is 2.09. The quantitative estimate of drug-likeness (QED) is 0.635. The molecule has 96 valence electrons. The Morgan fingerprint density at radius 1 is 1.17 bits per heavy atom. The number of hydrogen-bond donors (Lipinski definition) is 2. The van der Waals surface area contributed by atoms with Crippen LogP contribution < -0.4 is 10.6 Å². The van der Waals surface area contributed by atoms with Crippen LogP contribution in [-0.2, 0) is 0 Å². The van der Waals surface area contributed by atoms with E-state index in [0.29, 0.717) is 11.6 Å². The van der Waals surface area contributed by atoms with Crippen LogP contribution in [0.1, 0.15) is 39.2 Å². The van der Waals surface area contributed by atoms with Gasteiger partial charge in [-0.1, -0.05) is 32.9 Å². The highest BCUT2D eigenvalue weighted by Gasteiger charge is 2.84. The topological polar surface area (TPSA) is 73.3 Å². The van der Waals surface area contributed by atoms with Gasteiger partial charge in [0.25, 0.3) is 0 Å². The van der Waals surface area contributed by atoms with Crippen LogP contribution >= 0.6 is 0 Å². The van der Waals surface area contributed by atoms with Crippen LogP contribution in [0.2, 0.25) is 0 Å². The Morgan fingerprint density at radius 3 is 2.00 bits per heavy atom. The first-order valence-electron chi connectivity index (χ1n) is 6.34. The van der Waals surface area contributed by atoms with E-state index in [4.69, 9.17) is 0 Å². The molecular weight excluding hydrogens is 226 g/mol. The normalized spacial score (nSPS) is 34.7. The van der Waals surface area contributed by atoms with Crippen molar-refractivity contribution in [3.05, 3.63) is 34.7 Å². The van der Waals surface area contributed by atoms with Gasteiger partial charge in [0, 0.05) is 5.92 Å². The summed E-state index contributed by atoms with van der Waals surface area (Å²) in [5.74, 6) is 0.371. The molecule has 3 rings (SSSR count). The molecule has 0 spiro atoms. The second-order valence-electron chi connectivity index (χ2n) is 6.66. The maximum absolute atomic E-state index is 10.5. The lowest BCUT2D eigenvalue weighted by Crippen LogP contribution is -2.37. The summed E-state index contributed by atoms with van der Waals surface area (Å²) in [6.07, 6.45) is 0. The Bertz CT molecular complexity index is 495. The van der Waals surface area contributed by atoms with Gasteiger partial charge in [0.2, 0.25) is 0 Å². The first-order chi connectivity index (χ1) is 8.32. The van der Waals surface area contributed by atoms with E-state index in [-0.39, 0.29) is 16.7 Å². The third-order valence-corrected chi connectivity index (χ3v) is 4.19. The first-order valence-corrected chi connectivity index (χ1v) is 6.34. The Labute approximate surface area is 107 Å². The van der Waals surface area contributed by atoms with Gasteiger partial charge in [0.1, 0.15) is 17.0 Å². The molecule has 0 amide bonds. The Hall–Kier alpha value is -1.26. The van der Waals surface area contributed by atoms with E-state index in [2.05, 4.69) is 43.5 Å². The molecule has 4 heteroatoms. The summed E-state index contributed by atoms with van der Waals surface area (Å²) in [6, 6.07) is 7.61. The van der Waals surface area contributed by atoms with Crippen molar-refractivity contribution < 1.29 is 0 Å². The molecule has 1 aromatic carbocycles. The molecule has 2 heterocycles. The average molecular weight is 245 g/mol. The highest BCUT2D eigenvalue weighted by atomic mass is 16.3. The minimum atomic E-state index is 0.0430. The van der Waals surface area contributed by atoms with E-state index in [9.17, 15) is 4.91 Å². The zero-order valence-electron chi connectivity index (χ0n) is 11.2. The van der Waals surface area contributed by atoms with Gasteiger partial charge in [0.15, 0.2) is 0 Å². The second kappa shape index (κ2) is 3.19. The lowest BCUT2D eigenvalue weighted by molar-refractivity contribution is 0.276. The zero-order chi connectivity index (χ0) is 13.2. The fraction of sp³-hybridized carbons (Fsp3) is 0.571. The van der Waals surface area contributed by atoms with Crippen molar-refractivity contribution >= 4 is 5.69 Å². The predicted molar refractivity (Wildman–Crippen MR) is 71.5 cm³/mol. The van der Waals surface area contributed by atoms with E-state index >= 15 is 0 Å². The predicted octanol–water partition coefficient (Wildman–Crippen LogP) is 2.83. The molecule has 0 aromatic heterocycles. The van der Waals surface area contributed by atoms with Gasteiger partial charge in [-0.2, -0.15) is 0 Å². The number of nitrogens with zero attached hydrogens (tertiary/aromatic N) is 1. The summed E-state index contributed by atoms with van der Waals surface area (Å²) in [7, 11) is 0. The van der Waals surface area contributed by atoms with Gasteiger partial charge < -0.3 is 0 Å². The molecule has 0 saturated carbocycles. The van der Waals surface area contributed by atoms with Crippen molar-refractivity contribution in [2.24, 2.45) is 10.6 Å². The summed E-state index contributed by atoms with van der Waals surface area (Å²) in [6.45, 7) is 8.93. The summed E-state index contributed by atoms with van der Waals surface area (Å²) in [5.41, 5.74) is 2.02. The van der Waals surface area contributed by atoms with E-state index in [0.717, 1.165) is 0 Å². The van der Waals surface area contributed by atoms with Crippen molar-refractivity contribution in [1.82, 2.24) is 10.6 Å². The van der Waals surface area contributed by atoms with Gasteiger partial charge in [0.05, 0.1) is 0 Å². The third kappa shape index (κ3) is 1.45. The summed E-state index contributed by atoms with van der Waals surface area (Å²) in [5, 5.41) is 10.00. The van der Waals surface area contributed by atoms with Crippen molar-refractivity contribution in [2.75, 3.05) is 0 Å². The molecule has 2 aliphatic heterocycles. The van der Waals surface area contributed by atoms with E-state index < -0.39 is 0 Å². The van der Waals surface area contributed by atoms with Crippen molar-refractivity contribution in [2.45, 2.75) is 44.9 Å². The largest absolute Gasteiger partial charge is 0.275 e. The number of fused-ring (bicyclic) bond motifs is 1. The van der Waals surface area contributed by atoms with Crippen LogP contribution in [0, 0.1) is 10.3 Å². The monoisotopic (exact) mass is 245 g/mol. The number of nitrogens with one attached hydrogen (secondary N) is 2. The fourth-order valence-electron chi connectivity index (χ4n) is 3.29. The lowest BCUT2D eigenvalue weighted by Gasteiger charge is -2.32. The Balaban J connectivity index is 1.97. The fourth-order valence-corrected chi connectivity index (χ4v) is 3.29. The molecule has 2 fully saturated rings. The third-order valence-electron chi connectivity index (χ3n) is 4.19. The number of rotatable bonds is 3. The summed E-state index contributed by atoms with van der Waals surface area (Å²) < 4.78 is 0. The average Bonchev–Trinajstić information content (AvgIpc) is 3.02. The van der Waals surface area contributed by atoms with Gasteiger partial charge in [-0.15, -0.1) is 4.91 Å². The highest BCUT2D eigenvalue weighted by molar-refractivity contribution is 5.49. The molecule has 18 heavy (non-hydrogen) atoms. The summed E-state index contributed by atoms with van der Waals surface area (Å²) >= 11 is 0. The molecule has 0 aliphatic carbocycles. The molecule has 1 aromatic rings.